The van der Waals surface area contributed by atoms with Gasteiger partial charge < -0.3 is 11.1 Å². The van der Waals surface area contributed by atoms with Gasteiger partial charge in [0.15, 0.2) is 5.65 Å². The van der Waals surface area contributed by atoms with Crippen LogP contribution in [0.15, 0.2) is 73.1 Å². The van der Waals surface area contributed by atoms with Gasteiger partial charge >= 0.3 is 0 Å². The van der Waals surface area contributed by atoms with Crippen LogP contribution >= 0.6 is 0 Å². The van der Waals surface area contributed by atoms with Crippen molar-refractivity contribution in [1.82, 2.24) is 9.38 Å². The number of para-hydroxylation sites is 2. The Balaban J connectivity index is 1.73. The van der Waals surface area contributed by atoms with Crippen molar-refractivity contribution < 1.29 is 9.72 Å². The number of nitro benzene ring substituents is 1. The molecule has 30 heavy (non-hydrogen) atoms. The third-order valence-electron chi connectivity index (χ3n) is 4.42. The number of fused-ring (bicyclic) bond motifs is 1. The Labute approximate surface area is 171 Å². The number of pyridine rings is 1. The molecule has 0 aliphatic carbocycles. The lowest BCUT2D eigenvalue weighted by molar-refractivity contribution is -0.383. The molecule has 0 aliphatic heterocycles. The van der Waals surface area contributed by atoms with Gasteiger partial charge in [0.05, 0.1) is 22.4 Å². The van der Waals surface area contributed by atoms with Crippen molar-refractivity contribution in [3.8, 4) is 11.8 Å². The Morgan fingerprint density at radius 1 is 1.03 bits per heavy atom. The predicted molar refractivity (Wildman–Crippen MR) is 113 cm³/mol. The van der Waals surface area contributed by atoms with E-state index in [-0.39, 0.29) is 5.69 Å². The van der Waals surface area contributed by atoms with Crippen molar-refractivity contribution in [1.29, 1.82) is 0 Å². The maximum Gasteiger partial charge on any atom is 0.292 e. The minimum absolute atomic E-state index is 0.0332. The van der Waals surface area contributed by atoms with Crippen LogP contribution in [0.4, 0.5) is 17.1 Å². The lowest BCUT2D eigenvalue weighted by Gasteiger charge is -2.08. The molecular weight excluding hydrogens is 382 g/mol. The first-order valence-electron chi connectivity index (χ1n) is 8.92. The zero-order valence-electron chi connectivity index (χ0n) is 15.6. The molecule has 0 spiro atoms. The normalized spacial score (nSPS) is 10.3. The van der Waals surface area contributed by atoms with Gasteiger partial charge in [0.2, 0.25) is 5.91 Å². The molecule has 146 valence electrons. The number of primary amides is 1. The Morgan fingerprint density at radius 3 is 2.57 bits per heavy atom. The van der Waals surface area contributed by atoms with Crippen molar-refractivity contribution in [2.24, 2.45) is 5.73 Å². The van der Waals surface area contributed by atoms with Crippen LogP contribution in [-0.2, 0) is 0 Å². The fraction of sp³-hybridized carbons (Fsp3) is 0. The van der Waals surface area contributed by atoms with Crippen LogP contribution in [-0.4, -0.2) is 20.2 Å². The van der Waals surface area contributed by atoms with E-state index >= 15 is 0 Å². The van der Waals surface area contributed by atoms with Crippen LogP contribution in [0.5, 0.6) is 0 Å². The highest BCUT2D eigenvalue weighted by Crippen LogP contribution is 2.28. The average molecular weight is 397 g/mol. The molecule has 4 rings (SSSR count). The van der Waals surface area contributed by atoms with Crippen LogP contribution in [0.1, 0.15) is 21.6 Å². The lowest BCUT2D eigenvalue weighted by Crippen LogP contribution is -2.12. The highest BCUT2D eigenvalue weighted by atomic mass is 16.6. The number of benzene rings is 2. The second kappa shape index (κ2) is 7.77. The number of rotatable bonds is 4. The minimum Gasteiger partial charge on any atom is -0.366 e. The predicted octanol–water partition coefficient (Wildman–Crippen LogP) is 3.48. The Morgan fingerprint density at radius 2 is 1.77 bits per heavy atom. The van der Waals surface area contributed by atoms with E-state index in [4.69, 9.17) is 5.73 Å². The molecule has 8 heteroatoms. The first-order valence-corrected chi connectivity index (χ1v) is 8.92. The number of aromatic nitrogens is 2. The number of nitrogens with one attached hydrogen (secondary N) is 1. The number of anilines is 2. The van der Waals surface area contributed by atoms with E-state index < -0.39 is 10.8 Å². The second-order valence-corrected chi connectivity index (χ2v) is 6.32. The summed E-state index contributed by atoms with van der Waals surface area (Å²) in [7, 11) is 0. The molecule has 2 aromatic heterocycles. The van der Waals surface area contributed by atoms with Crippen molar-refractivity contribution in [2.75, 3.05) is 5.32 Å². The summed E-state index contributed by atoms with van der Waals surface area (Å²) in [6, 6.07) is 16.8. The minimum atomic E-state index is -0.547. The molecule has 3 N–H and O–H groups in total. The number of nitro groups is 1. The van der Waals surface area contributed by atoms with E-state index in [0.29, 0.717) is 33.8 Å². The van der Waals surface area contributed by atoms with Gasteiger partial charge in [-0.15, -0.1) is 0 Å². The van der Waals surface area contributed by atoms with Crippen LogP contribution in [0.3, 0.4) is 0 Å². The van der Waals surface area contributed by atoms with Crippen molar-refractivity contribution in [3.05, 3.63) is 100.0 Å². The van der Waals surface area contributed by atoms with Gasteiger partial charge in [0.25, 0.3) is 5.69 Å². The quantitative estimate of drug-likeness (QED) is 0.311. The molecule has 0 atom stereocenters. The molecule has 0 aliphatic rings. The van der Waals surface area contributed by atoms with E-state index in [1.54, 1.807) is 71.4 Å². The number of hydrogen-bond acceptors (Lipinski definition) is 5. The lowest BCUT2D eigenvalue weighted by atomic mass is 10.1. The first-order chi connectivity index (χ1) is 14.5. The molecule has 8 nitrogen and oxygen atoms in total. The Kier molecular flexibility index (Phi) is 4.85. The third-order valence-corrected chi connectivity index (χ3v) is 4.42. The molecule has 0 fully saturated rings. The molecule has 4 aromatic rings. The monoisotopic (exact) mass is 397 g/mol. The molecule has 2 heterocycles. The molecule has 2 aromatic carbocycles. The molecule has 1 amide bonds. The summed E-state index contributed by atoms with van der Waals surface area (Å²) in [6.07, 6.45) is 3.39. The molecule has 0 saturated heterocycles. The fourth-order valence-corrected chi connectivity index (χ4v) is 3.02. The van der Waals surface area contributed by atoms with Crippen molar-refractivity contribution in [2.45, 2.75) is 0 Å². The summed E-state index contributed by atoms with van der Waals surface area (Å²) < 4.78 is 1.76. The van der Waals surface area contributed by atoms with Crippen molar-refractivity contribution in [3.63, 3.8) is 0 Å². The molecular formula is C22H15N5O3. The number of imidazole rings is 1. The second-order valence-electron chi connectivity index (χ2n) is 6.32. The van der Waals surface area contributed by atoms with E-state index in [0.717, 1.165) is 0 Å². The summed E-state index contributed by atoms with van der Waals surface area (Å²) in [6.45, 7) is 0. The number of nitrogens with two attached hydrogens (primary N) is 1. The Bertz CT molecular complexity index is 1350. The van der Waals surface area contributed by atoms with Crippen LogP contribution in [0.25, 0.3) is 5.65 Å². The van der Waals surface area contributed by atoms with Crippen LogP contribution in [0, 0.1) is 22.0 Å². The third kappa shape index (κ3) is 3.55. The Hall–Kier alpha value is -4.64. The van der Waals surface area contributed by atoms with Gasteiger partial charge in [-0.25, -0.2) is 4.98 Å². The van der Waals surface area contributed by atoms with Gasteiger partial charge in [-0.2, -0.15) is 0 Å². The molecule has 0 unspecified atom stereocenters. The summed E-state index contributed by atoms with van der Waals surface area (Å²) in [5, 5.41) is 14.3. The zero-order chi connectivity index (χ0) is 21.1. The summed E-state index contributed by atoms with van der Waals surface area (Å²) in [5.74, 6) is 5.42. The van der Waals surface area contributed by atoms with Crippen LogP contribution < -0.4 is 11.1 Å². The summed E-state index contributed by atoms with van der Waals surface area (Å²) >= 11 is 0. The number of carbonyl (C=O) groups is 1. The highest BCUT2D eigenvalue weighted by molar-refractivity contribution is 5.95. The van der Waals surface area contributed by atoms with E-state index in [1.165, 1.54) is 6.07 Å². The number of hydrogen-bond donors (Lipinski definition) is 2. The van der Waals surface area contributed by atoms with Crippen LogP contribution in [0.2, 0.25) is 0 Å². The van der Waals surface area contributed by atoms with Crippen molar-refractivity contribution >= 4 is 28.6 Å². The number of carbonyl (C=O) groups excluding carboxylic acids is 1. The highest BCUT2D eigenvalue weighted by Gasteiger charge is 2.14. The average Bonchev–Trinajstić information content (AvgIpc) is 3.17. The first kappa shape index (κ1) is 18.7. The summed E-state index contributed by atoms with van der Waals surface area (Å²) in [4.78, 5) is 26.8. The van der Waals surface area contributed by atoms with Gasteiger partial charge in [0, 0.05) is 17.8 Å². The number of amides is 1. The zero-order valence-corrected chi connectivity index (χ0v) is 15.6. The van der Waals surface area contributed by atoms with Gasteiger partial charge in [-0.1, -0.05) is 30.2 Å². The van der Waals surface area contributed by atoms with E-state index in [1.807, 2.05) is 0 Å². The van der Waals surface area contributed by atoms with E-state index in [2.05, 4.69) is 22.1 Å². The number of nitrogens with zero attached hydrogens (tertiary/aromatic N) is 3. The van der Waals surface area contributed by atoms with Gasteiger partial charge in [-0.3, -0.25) is 19.3 Å². The van der Waals surface area contributed by atoms with Gasteiger partial charge in [0.1, 0.15) is 11.4 Å². The molecule has 0 bridgehead atoms. The summed E-state index contributed by atoms with van der Waals surface area (Å²) in [5.41, 5.74) is 8.34. The van der Waals surface area contributed by atoms with E-state index in [9.17, 15) is 14.9 Å². The standard InChI is InChI=1S/C22H15N5O3/c23-21(28)17-7-2-1-6-15(17)11-12-16-14-24-22-19(9-5-13-26(16)22)25-18-8-3-4-10-20(18)27(29)30/h1-10,13-14,25H,(H2,23,28). The maximum atomic E-state index is 11.6. The maximum absolute atomic E-state index is 11.6. The van der Waals surface area contributed by atoms with Gasteiger partial charge in [-0.05, 0) is 36.3 Å². The largest absolute Gasteiger partial charge is 0.366 e. The fourth-order valence-electron chi connectivity index (χ4n) is 3.02. The molecule has 0 saturated carbocycles. The smallest absolute Gasteiger partial charge is 0.292 e. The molecule has 0 radical (unpaired) electrons. The SMILES string of the molecule is NC(=O)c1ccccc1C#Cc1cnc2c(Nc3ccccc3[N+](=O)[O-])cccn12. The topological polar surface area (TPSA) is 116 Å².